The first kappa shape index (κ1) is 30.0. The first-order valence-electron chi connectivity index (χ1n) is 12.1. The summed E-state index contributed by atoms with van der Waals surface area (Å²) in [4.78, 5) is 35.7. The Morgan fingerprint density at radius 2 is 1.89 bits per heavy atom. The first-order chi connectivity index (χ1) is 17.5. The average molecular weight is 541 g/mol. The Bertz CT molecular complexity index is 823. The first-order valence-corrected chi connectivity index (χ1v) is 14.5. The fourth-order valence-corrected chi connectivity index (χ4v) is 6.23. The van der Waals surface area contributed by atoms with Gasteiger partial charge in [-0.25, -0.2) is 4.79 Å². The van der Waals surface area contributed by atoms with Gasteiger partial charge in [-0.3, -0.25) is 14.9 Å². The summed E-state index contributed by atoms with van der Waals surface area (Å²) in [6.07, 6.45) is 5.30. The highest BCUT2D eigenvalue weighted by Crippen LogP contribution is 2.38. The van der Waals surface area contributed by atoms with E-state index in [4.69, 9.17) is 19.3 Å². The molecule has 0 bridgehead atoms. The lowest BCUT2D eigenvalue weighted by Crippen LogP contribution is -2.33. The van der Waals surface area contributed by atoms with Crippen LogP contribution in [-0.2, 0) is 30.4 Å². The summed E-state index contributed by atoms with van der Waals surface area (Å²) in [5, 5.41) is 14.8. The second-order valence-corrected chi connectivity index (χ2v) is 10.8. The number of hydrogen-bond acceptors (Lipinski definition) is 9. The van der Waals surface area contributed by atoms with E-state index < -0.39 is 6.09 Å². The molecule has 0 spiro atoms. The Balaban J connectivity index is 1.56. The molecule has 1 saturated carbocycles. The van der Waals surface area contributed by atoms with E-state index in [0.717, 1.165) is 31.2 Å². The monoisotopic (exact) mass is 540 g/mol. The lowest BCUT2D eigenvalue weighted by Gasteiger charge is -2.30. The summed E-state index contributed by atoms with van der Waals surface area (Å²) < 4.78 is 15.9. The highest BCUT2D eigenvalue weighted by molar-refractivity contribution is 8.77. The summed E-state index contributed by atoms with van der Waals surface area (Å²) in [5.41, 5.74) is 1.39. The zero-order valence-corrected chi connectivity index (χ0v) is 22.1. The van der Waals surface area contributed by atoms with Crippen LogP contribution in [0.5, 0.6) is 0 Å². The Labute approximate surface area is 220 Å². The number of nitrogens with one attached hydrogen (secondary N) is 2. The maximum Gasteiger partial charge on any atom is 0.411 e. The summed E-state index contributed by atoms with van der Waals surface area (Å²) in [6, 6.07) is 6.96. The second kappa shape index (κ2) is 18.1. The third-order valence-electron chi connectivity index (χ3n) is 5.27. The topological polar surface area (TPSA) is 123 Å². The number of carbonyl (C=O) groups excluding carboxylic acids is 3. The molecule has 0 unspecified atom stereocenters. The number of rotatable bonds is 16. The minimum atomic E-state index is -0.482. The van der Waals surface area contributed by atoms with Gasteiger partial charge in [0.05, 0.1) is 31.5 Å². The van der Waals surface area contributed by atoms with E-state index in [0.29, 0.717) is 31.0 Å². The van der Waals surface area contributed by atoms with Crippen LogP contribution in [0.3, 0.4) is 0 Å². The highest BCUT2D eigenvalue weighted by Gasteiger charge is 2.29. The molecule has 3 N–H and O–H groups in total. The van der Waals surface area contributed by atoms with Crippen LogP contribution in [0.2, 0.25) is 0 Å². The predicted octanol–water partition coefficient (Wildman–Crippen LogP) is 4.06. The van der Waals surface area contributed by atoms with Gasteiger partial charge in [0.25, 0.3) is 0 Å². The van der Waals surface area contributed by atoms with Gasteiger partial charge in [0.2, 0.25) is 5.91 Å². The van der Waals surface area contributed by atoms with Crippen molar-refractivity contribution < 1.29 is 33.7 Å². The Hall–Kier alpha value is -2.21. The van der Waals surface area contributed by atoms with Crippen LogP contribution in [0.15, 0.2) is 36.9 Å². The molecule has 1 aliphatic rings. The van der Waals surface area contributed by atoms with E-state index in [-0.39, 0.29) is 49.5 Å². The number of esters is 1. The number of benzene rings is 1. The molecule has 11 heteroatoms. The van der Waals surface area contributed by atoms with Crippen LogP contribution < -0.4 is 10.6 Å². The molecule has 0 heterocycles. The largest absolute Gasteiger partial charge is 0.461 e. The number of aliphatic hydroxyl groups excluding tert-OH is 1. The van der Waals surface area contributed by atoms with Crippen molar-refractivity contribution >= 4 is 45.2 Å². The number of ether oxygens (including phenoxy) is 3. The molecule has 0 radical (unpaired) electrons. The van der Waals surface area contributed by atoms with Crippen molar-refractivity contribution in [2.45, 2.75) is 56.5 Å². The summed E-state index contributed by atoms with van der Waals surface area (Å²) >= 11 is 0. The van der Waals surface area contributed by atoms with Crippen LogP contribution in [0, 0.1) is 0 Å². The molecular formula is C25H36N2O7S2. The third kappa shape index (κ3) is 12.7. The molecule has 1 aliphatic carbocycles. The molecule has 1 fully saturated rings. The molecule has 0 saturated heterocycles. The van der Waals surface area contributed by atoms with Gasteiger partial charge in [0.15, 0.2) is 0 Å². The number of anilines is 1. The fraction of sp³-hybridized carbons (Fsp3) is 0.560. The van der Waals surface area contributed by atoms with E-state index in [1.54, 1.807) is 45.9 Å². The SMILES string of the molecule is C=CCOC(=O)CCOCCNC(=O)CCSS[C@H]1CCCC[C@@H]1OC(=O)Nc1ccc(CO)cc1. The Morgan fingerprint density at radius 3 is 2.64 bits per heavy atom. The molecule has 2 rings (SSSR count). The van der Waals surface area contributed by atoms with E-state index in [1.165, 1.54) is 6.08 Å². The minimum absolute atomic E-state index is 0.0459. The second-order valence-electron chi connectivity index (χ2n) is 8.10. The molecule has 200 valence electrons. The normalized spacial score (nSPS) is 17.1. The zero-order valence-electron chi connectivity index (χ0n) is 20.4. The minimum Gasteiger partial charge on any atom is -0.461 e. The maximum absolute atomic E-state index is 12.4. The van der Waals surface area contributed by atoms with Crippen LogP contribution in [-0.4, -0.2) is 66.5 Å². The van der Waals surface area contributed by atoms with Gasteiger partial charge in [-0.1, -0.05) is 52.8 Å². The summed E-state index contributed by atoms with van der Waals surface area (Å²) in [5.74, 6) is 0.257. The zero-order chi connectivity index (χ0) is 26.0. The van der Waals surface area contributed by atoms with Gasteiger partial charge in [-0.2, -0.15) is 0 Å². The van der Waals surface area contributed by atoms with Crippen molar-refractivity contribution in [1.29, 1.82) is 0 Å². The molecule has 2 atom stereocenters. The predicted molar refractivity (Wildman–Crippen MR) is 143 cm³/mol. The Kier molecular flexibility index (Phi) is 15.1. The molecule has 36 heavy (non-hydrogen) atoms. The van der Waals surface area contributed by atoms with Crippen molar-refractivity contribution in [3.05, 3.63) is 42.5 Å². The molecule has 9 nitrogen and oxygen atoms in total. The number of amides is 2. The van der Waals surface area contributed by atoms with Gasteiger partial charge in [0.1, 0.15) is 12.7 Å². The quantitative estimate of drug-likeness (QED) is 0.123. The van der Waals surface area contributed by atoms with Crippen molar-refractivity contribution in [1.82, 2.24) is 5.32 Å². The third-order valence-corrected chi connectivity index (χ3v) is 8.21. The molecule has 2 amide bonds. The molecular weight excluding hydrogens is 504 g/mol. The van der Waals surface area contributed by atoms with E-state index in [1.807, 2.05) is 0 Å². The van der Waals surface area contributed by atoms with Gasteiger partial charge >= 0.3 is 12.1 Å². The number of aliphatic hydroxyl groups is 1. The van der Waals surface area contributed by atoms with E-state index >= 15 is 0 Å². The fourth-order valence-electron chi connectivity index (χ4n) is 3.39. The number of hydrogen-bond donors (Lipinski definition) is 3. The van der Waals surface area contributed by atoms with Crippen molar-refractivity contribution in [3.8, 4) is 0 Å². The lowest BCUT2D eigenvalue weighted by molar-refractivity contribution is -0.143. The lowest BCUT2D eigenvalue weighted by atomic mass is 9.97. The maximum atomic E-state index is 12.4. The molecule has 1 aromatic carbocycles. The van der Waals surface area contributed by atoms with Crippen molar-refractivity contribution in [2.75, 3.05) is 37.4 Å². The smallest absolute Gasteiger partial charge is 0.411 e. The average Bonchev–Trinajstić information content (AvgIpc) is 2.88. The highest BCUT2D eigenvalue weighted by atomic mass is 33.1. The summed E-state index contributed by atoms with van der Waals surface area (Å²) in [6.45, 7) is 4.58. The number of carbonyl (C=O) groups is 3. The van der Waals surface area contributed by atoms with Crippen LogP contribution >= 0.6 is 21.6 Å². The molecule has 0 aromatic heterocycles. The standard InChI is InChI=1S/C25H36N2O7S2/c1-2-14-33-24(30)11-15-32-16-13-26-23(29)12-17-35-36-22-6-4-3-5-21(22)34-25(31)27-20-9-7-19(18-28)8-10-20/h2,7-10,21-22,28H,1,3-6,11-18H2,(H,26,29)(H,27,31)/t21-,22-/m0/s1. The van der Waals surface area contributed by atoms with Gasteiger partial charge < -0.3 is 24.6 Å². The van der Waals surface area contributed by atoms with E-state index in [9.17, 15) is 14.4 Å². The van der Waals surface area contributed by atoms with Gasteiger partial charge in [-0.15, -0.1) is 0 Å². The summed E-state index contributed by atoms with van der Waals surface area (Å²) in [7, 11) is 3.29. The van der Waals surface area contributed by atoms with Crippen LogP contribution in [0.25, 0.3) is 0 Å². The van der Waals surface area contributed by atoms with Crippen molar-refractivity contribution in [3.63, 3.8) is 0 Å². The van der Waals surface area contributed by atoms with Crippen LogP contribution in [0.4, 0.5) is 10.5 Å². The van der Waals surface area contributed by atoms with Gasteiger partial charge in [0, 0.05) is 24.4 Å². The molecule has 0 aliphatic heterocycles. The van der Waals surface area contributed by atoms with Crippen LogP contribution in [0.1, 0.15) is 44.1 Å². The Morgan fingerprint density at radius 1 is 1.11 bits per heavy atom. The van der Waals surface area contributed by atoms with E-state index in [2.05, 4.69) is 17.2 Å². The van der Waals surface area contributed by atoms with Crippen molar-refractivity contribution in [2.24, 2.45) is 0 Å². The molecule has 1 aromatic rings. The van der Waals surface area contributed by atoms with Gasteiger partial charge in [-0.05, 0) is 37.0 Å².